The van der Waals surface area contributed by atoms with Crippen LogP contribution >= 0.6 is 0 Å². The predicted molar refractivity (Wildman–Crippen MR) is 70.6 cm³/mol. The Morgan fingerprint density at radius 3 is 2.19 bits per heavy atom. The van der Waals surface area contributed by atoms with Gasteiger partial charge in [0.2, 0.25) is 0 Å². The van der Waals surface area contributed by atoms with Crippen LogP contribution in [0.25, 0.3) is 0 Å². The molecule has 0 spiro atoms. The molecular formula is C16H24. The summed E-state index contributed by atoms with van der Waals surface area (Å²) in [7, 11) is 0. The van der Waals surface area contributed by atoms with Gasteiger partial charge in [-0.25, -0.2) is 0 Å². The zero-order chi connectivity index (χ0) is 11.8. The monoisotopic (exact) mass is 216 g/mol. The second-order valence-corrected chi connectivity index (χ2v) is 6.78. The highest BCUT2D eigenvalue weighted by Gasteiger charge is 2.40. The molecule has 1 fully saturated rings. The maximum Gasteiger partial charge on any atom is -0.00677 e. The van der Waals surface area contributed by atoms with Gasteiger partial charge in [0.1, 0.15) is 0 Å². The third-order valence-electron chi connectivity index (χ3n) is 4.04. The lowest BCUT2D eigenvalue weighted by atomic mass is 9.59. The van der Waals surface area contributed by atoms with E-state index < -0.39 is 0 Å². The van der Waals surface area contributed by atoms with E-state index in [4.69, 9.17) is 0 Å². The van der Waals surface area contributed by atoms with Crippen LogP contribution in [0.15, 0.2) is 30.3 Å². The Bertz CT molecular complexity index is 350. The first kappa shape index (κ1) is 11.7. The highest BCUT2D eigenvalue weighted by atomic mass is 14.4. The van der Waals surface area contributed by atoms with Gasteiger partial charge in [0.05, 0.1) is 0 Å². The summed E-state index contributed by atoms with van der Waals surface area (Å²) in [4.78, 5) is 0. The molecule has 88 valence electrons. The molecular weight excluding hydrogens is 192 g/mol. The van der Waals surface area contributed by atoms with Crippen LogP contribution in [0.4, 0.5) is 0 Å². The van der Waals surface area contributed by atoms with Crippen LogP contribution in [0.3, 0.4) is 0 Å². The molecule has 0 amide bonds. The van der Waals surface area contributed by atoms with E-state index in [-0.39, 0.29) is 0 Å². The van der Waals surface area contributed by atoms with E-state index in [2.05, 4.69) is 58.0 Å². The van der Waals surface area contributed by atoms with E-state index in [1.54, 1.807) is 0 Å². The standard InChI is InChI=1S/C16H24/c1-13-10-15(2,3)12-16(4,11-13)14-8-6-5-7-9-14/h5-9,13H,10-12H2,1-4H3/t13-,16+/m0/s1. The summed E-state index contributed by atoms with van der Waals surface area (Å²) in [5, 5.41) is 0. The van der Waals surface area contributed by atoms with Crippen molar-refractivity contribution in [2.75, 3.05) is 0 Å². The molecule has 1 aliphatic carbocycles. The van der Waals surface area contributed by atoms with Crippen molar-refractivity contribution in [3.8, 4) is 0 Å². The highest BCUT2D eigenvalue weighted by molar-refractivity contribution is 5.25. The Morgan fingerprint density at radius 1 is 1.00 bits per heavy atom. The molecule has 0 radical (unpaired) electrons. The second-order valence-electron chi connectivity index (χ2n) is 6.78. The summed E-state index contributed by atoms with van der Waals surface area (Å²) in [5.41, 5.74) is 2.39. The first-order chi connectivity index (χ1) is 7.41. The van der Waals surface area contributed by atoms with Crippen molar-refractivity contribution >= 4 is 0 Å². The largest absolute Gasteiger partial charge is 0.0625 e. The quantitative estimate of drug-likeness (QED) is 0.633. The van der Waals surface area contributed by atoms with Gasteiger partial charge in [0.15, 0.2) is 0 Å². The Hall–Kier alpha value is -0.780. The molecule has 0 saturated heterocycles. The van der Waals surface area contributed by atoms with Crippen LogP contribution in [-0.4, -0.2) is 0 Å². The first-order valence-electron chi connectivity index (χ1n) is 6.47. The number of rotatable bonds is 1. The van der Waals surface area contributed by atoms with Crippen LogP contribution in [0, 0.1) is 11.3 Å². The normalized spacial score (nSPS) is 33.6. The molecule has 2 rings (SSSR count). The molecule has 16 heavy (non-hydrogen) atoms. The molecule has 0 unspecified atom stereocenters. The van der Waals surface area contributed by atoms with Crippen molar-refractivity contribution in [3.63, 3.8) is 0 Å². The summed E-state index contributed by atoms with van der Waals surface area (Å²) in [6.45, 7) is 9.69. The van der Waals surface area contributed by atoms with Crippen LogP contribution in [0.1, 0.15) is 52.5 Å². The van der Waals surface area contributed by atoms with Crippen molar-refractivity contribution in [2.24, 2.45) is 11.3 Å². The van der Waals surface area contributed by atoms with Gasteiger partial charge in [-0.05, 0) is 41.6 Å². The summed E-state index contributed by atoms with van der Waals surface area (Å²) in [6, 6.07) is 11.1. The molecule has 2 atom stereocenters. The Kier molecular flexibility index (Phi) is 2.86. The van der Waals surface area contributed by atoms with Gasteiger partial charge in [-0.15, -0.1) is 0 Å². The molecule has 1 saturated carbocycles. The van der Waals surface area contributed by atoms with Crippen LogP contribution in [-0.2, 0) is 5.41 Å². The van der Waals surface area contributed by atoms with E-state index in [9.17, 15) is 0 Å². The van der Waals surface area contributed by atoms with Crippen molar-refractivity contribution in [2.45, 2.75) is 52.4 Å². The highest BCUT2D eigenvalue weighted by Crippen LogP contribution is 2.49. The molecule has 0 nitrogen and oxygen atoms in total. The van der Waals surface area contributed by atoms with Gasteiger partial charge in [-0.2, -0.15) is 0 Å². The van der Waals surface area contributed by atoms with Gasteiger partial charge in [0, 0.05) is 0 Å². The molecule has 0 bridgehead atoms. The third kappa shape index (κ3) is 2.31. The summed E-state index contributed by atoms with van der Waals surface area (Å²) in [6.07, 6.45) is 4.02. The van der Waals surface area contributed by atoms with Crippen LogP contribution in [0.5, 0.6) is 0 Å². The second kappa shape index (κ2) is 3.91. The Balaban J connectivity index is 2.31. The van der Waals surface area contributed by atoms with Crippen LogP contribution in [0.2, 0.25) is 0 Å². The fourth-order valence-electron chi connectivity index (χ4n) is 4.05. The van der Waals surface area contributed by atoms with Crippen molar-refractivity contribution in [3.05, 3.63) is 35.9 Å². The van der Waals surface area contributed by atoms with E-state index in [1.807, 2.05) is 0 Å². The van der Waals surface area contributed by atoms with E-state index in [1.165, 1.54) is 24.8 Å². The minimum atomic E-state index is 0.377. The summed E-state index contributed by atoms with van der Waals surface area (Å²) >= 11 is 0. The zero-order valence-electron chi connectivity index (χ0n) is 11.1. The van der Waals surface area contributed by atoms with E-state index in [0.29, 0.717) is 10.8 Å². The van der Waals surface area contributed by atoms with Gasteiger partial charge < -0.3 is 0 Å². The molecule has 1 aromatic carbocycles. The van der Waals surface area contributed by atoms with Crippen LogP contribution < -0.4 is 0 Å². The summed E-state index contributed by atoms with van der Waals surface area (Å²) in [5.74, 6) is 0.842. The smallest absolute Gasteiger partial charge is 0.00677 e. The molecule has 0 heteroatoms. The average Bonchev–Trinajstić information content (AvgIpc) is 2.15. The van der Waals surface area contributed by atoms with Gasteiger partial charge in [-0.3, -0.25) is 0 Å². The SMILES string of the molecule is C[C@H]1CC(C)(C)C[C@](C)(c2ccccc2)C1. The van der Waals surface area contributed by atoms with Crippen molar-refractivity contribution in [1.82, 2.24) is 0 Å². The number of benzene rings is 1. The van der Waals surface area contributed by atoms with E-state index in [0.717, 1.165) is 5.92 Å². The average molecular weight is 216 g/mol. The molecule has 0 heterocycles. The topological polar surface area (TPSA) is 0 Å². The molecule has 0 aromatic heterocycles. The van der Waals surface area contributed by atoms with Gasteiger partial charge in [-0.1, -0.05) is 58.0 Å². The Labute approximate surface area is 100 Å². The number of hydrogen-bond acceptors (Lipinski definition) is 0. The number of hydrogen-bond donors (Lipinski definition) is 0. The van der Waals surface area contributed by atoms with E-state index >= 15 is 0 Å². The van der Waals surface area contributed by atoms with Gasteiger partial charge in [0.25, 0.3) is 0 Å². The molecule has 0 N–H and O–H groups in total. The van der Waals surface area contributed by atoms with Crippen molar-refractivity contribution < 1.29 is 0 Å². The molecule has 0 aliphatic heterocycles. The fraction of sp³-hybridized carbons (Fsp3) is 0.625. The lowest BCUT2D eigenvalue weighted by Gasteiger charge is -2.46. The Morgan fingerprint density at radius 2 is 1.62 bits per heavy atom. The molecule has 1 aromatic rings. The lowest BCUT2D eigenvalue weighted by Crippen LogP contribution is -2.37. The van der Waals surface area contributed by atoms with Gasteiger partial charge >= 0.3 is 0 Å². The minimum absolute atomic E-state index is 0.377. The third-order valence-corrected chi connectivity index (χ3v) is 4.04. The minimum Gasteiger partial charge on any atom is -0.0625 e. The fourth-order valence-corrected chi connectivity index (χ4v) is 4.05. The zero-order valence-corrected chi connectivity index (χ0v) is 11.1. The maximum atomic E-state index is 2.44. The molecule has 1 aliphatic rings. The predicted octanol–water partition coefficient (Wildman–Crippen LogP) is 4.79. The van der Waals surface area contributed by atoms with Crippen molar-refractivity contribution in [1.29, 1.82) is 0 Å². The lowest BCUT2D eigenvalue weighted by molar-refractivity contribution is 0.115. The first-order valence-corrected chi connectivity index (χ1v) is 6.47. The summed E-state index contributed by atoms with van der Waals surface area (Å²) < 4.78 is 0. The maximum absolute atomic E-state index is 2.44.